The highest BCUT2D eigenvalue weighted by molar-refractivity contribution is 5.95. The number of benzene rings is 1. The van der Waals surface area contributed by atoms with Crippen LogP contribution in [0.25, 0.3) is 22.2 Å². The van der Waals surface area contributed by atoms with Crippen LogP contribution in [0.5, 0.6) is 0 Å². The summed E-state index contributed by atoms with van der Waals surface area (Å²) in [6, 6.07) is 4.33. The number of carbonyl (C=O) groups is 1. The highest BCUT2D eigenvalue weighted by Crippen LogP contribution is 2.43. The van der Waals surface area contributed by atoms with Gasteiger partial charge in [-0.05, 0) is 65.4 Å². The van der Waals surface area contributed by atoms with Gasteiger partial charge in [-0.1, -0.05) is 12.1 Å². The minimum atomic E-state index is -0.468. The van der Waals surface area contributed by atoms with Gasteiger partial charge in [-0.25, -0.2) is 14.8 Å². The van der Waals surface area contributed by atoms with Crippen molar-refractivity contribution in [3.63, 3.8) is 0 Å². The van der Waals surface area contributed by atoms with Crippen molar-refractivity contribution in [2.75, 3.05) is 31.1 Å². The number of anilines is 1. The van der Waals surface area contributed by atoms with E-state index < -0.39 is 5.60 Å². The van der Waals surface area contributed by atoms with Crippen LogP contribution in [0, 0.1) is 12.3 Å². The molecule has 0 unspecified atom stereocenters. The van der Waals surface area contributed by atoms with Gasteiger partial charge in [0, 0.05) is 60.8 Å². The van der Waals surface area contributed by atoms with E-state index in [1.165, 1.54) is 35.2 Å². The Balaban J connectivity index is 1.32. The molecule has 36 heavy (non-hydrogen) atoms. The van der Waals surface area contributed by atoms with E-state index in [1.807, 2.05) is 43.6 Å². The Morgan fingerprint density at radius 2 is 1.86 bits per heavy atom. The molecule has 190 valence electrons. The second-order valence-electron chi connectivity index (χ2n) is 12.0. The fourth-order valence-electron chi connectivity index (χ4n) is 6.18. The summed E-state index contributed by atoms with van der Waals surface area (Å²) in [6.45, 7) is 11.2. The van der Waals surface area contributed by atoms with Gasteiger partial charge in [0.15, 0.2) is 0 Å². The second kappa shape index (κ2) is 8.18. The highest BCUT2D eigenvalue weighted by atomic mass is 16.6. The number of fused-ring (bicyclic) bond motifs is 2. The fraction of sp³-hybridized carbons (Fsp3) is 0.571. The molecule has 3 aliphatic rings. The monoisotopic (exact) mass is 488 g/mol. The van der Waals surface area contributed by atoms with Crippen molar-refractivity contribution < 1.29 is 9.53 Å². The Morgan fingerprint density at radius 1 is 1.08 bits per heavy atom. The molecule has 0 bridgehead atoms. The van der Waals surface area contributed by atoms with Crippen LogP contribution in [0.2, 0.25) is 0 Å². The van der Waals surface area contributed by atoms with Gasteiger partial charge in [0.25, 0.3) is 0 Å². The lowest BCUT2D eigenvalue weighted by molar-refractivity contribution is -0.0266. The minimum Gasteiger partial charge on any atom is -0.444 e. The number of carbonyl (C=O) groups excluding carboxylic acids is 1. The van der Waals surface area contributed by atoms with Gasteiger partial charge >= 0.3 is 6.09 Å². The Labute approximate surface area is 212 Å². The topological polar surface area (TPSA) is 76.4 Å². The average Bonchev–Trinajstić information content (AvgIpc) is 3.41. The zero-order chi connectivity index (χ0) is 25.2. The Morgan fingerprint density at radius 3 is 2.64 bits per heavy atom. The molecule has 8 heteroatoms. The molecule has 2 fully saturated rings. The van der Waals surface area contributed by atoms with Crippen molar-refractivity contribution in [2.24, 2.45) is 12.5 Å². The summed E-state index contributed by atoms with van der Waals surface area (Å²) in [7, 11) is 2.01. The number of aryl methyl sites for hydroxylation is 3. The molecule has 0 radical (unpaired) electrons. The van der Waals surface area contributed by atoms with Gasteiger partial charge in [0.1, 0.15) is 5.60 Å². The standard InChI is InChI=1S/C28H36N6O2/c1-18-10-11-19-14-29-32(5)24(19)22(18)23-20-8-6-7-9-21(20)30-25(31-23)33-13-12-28(15-33)16-34(17-28)26(35)36-27(2,3)4/h10-11,14H,6-9,12-13,15-17H2,1-5H3. The predicted molar refractivity (Wildman–Crippen MR) is 140 cm³/mol. The molecule has 6 rings (SSSR count). The molecule has 2 aliphatic heterocycles. The highest BCUT2D eigenvalue weighted by Gasteiger charge is 2.51. The van der Waals surface area contributed by atoms with Gasteiger partial charge in [0.2, 0.25) is 5.95 Å². The van der Waals surface area contributed by atoms with Crippen LogP contribution in [0.1, 0.15) is 56.9 Å². The van der Waals surface area contributed by atoms with Crippen molar-refractivity contribution in [3.8, 4) is 11.3 Å². The summed E-state index contributed by atoms with van der Waals surface area (Å²) in [4.78, 5) is 27.0. The Bertz CT molecular complexity index is 1350. The van der Waals surface area contributed by atoms with Crippen LogP contribution in [0.4, 0.5) is 10.7 Å². The third-order valence-corrected chi connectivity index (χ3v) is 7.94. The zero-order valence-corrected chi connectivity index (χ0v) is 22.1. The summed E-state index contributed by atoms with van der Waals surface area (Å²) < 4.78 is 7.55. The summed E-state index contributed by atoms with van der Waals surface area (Å²) in [5, 5.41) is 5.68. The van der Waals surface area contributed by atoms with Crippen LogP contribution in [0.3, 0.4) is 0 Å². The van der Waals surface area contributed by atoms with Crippen LogP contribution < -0.4 is 4.90 Å². The molecule has 0 atom stereocenters. The van der Waals surface area contributed by atoms with Crippen molar-refractivity contribution in [3.05, 3.63) is 35.2 Å². The normalized spacial score (nSPS) is 19.0. The van der Waals surface area contributed by atoms with Crippen LogP contribution in [-0.2, 0) is 24.6 Å². The second-order valence-corrected chi connectivity index (χ2v) is 12.0. The van der Waals surface area contributed by atoms with Crippen molar-refractivity contribution >= 4 is 22.9 Å². The Kier molecular flexibility index (Phi) is 5.28. The molecule has 2 aromatic heterocycles. The predicted octanol–water partition coefficient (Wildman–Crippen LogP) is 4.66. The van der Waals surface area contributed by atoms with E-state index in [0.717, 1.165) is 68.0 Å². The molecule has 1 aromatic carbocycles. The van der Waals surface area contributed by atoms with E-state index in [1.54, 1.807) is 0 Å². The van der Waals surface area contributed by atoms with Crippen molar-refractivity contribution in [1.29, 1.82) is 0 Å². The molecular formula is C28H36N6O2. The SMILES string of the molecule is Cc1ccc2cnn(C)c2c1-c1nc(N2CCC3(CN(C(=O)OC(C)(C)C)C3)C2)nc2c1CCCC2. The van der Waals surface area contributed by atoms with Crippen LogP contribution in [-0.4, -0.2) is 62.5 Å². The smallest absolute Gasteiger partial charge is 0.410 e. The molecule has 4 heterocycles. The largest absolute Gasteiger partial charge is 0.444 e. The van der Waals surface area contributed by atoms with Gasteiger partial charge in [-0.3, -0.25) is 4.68 Å². The third kappa shape index (κ3) is 3.91. The van der Waals surface area contributed by atoms with E-state index in [2.05, 4.69) is 29.1 Å². The van der Waals surface area contributed by atoms with Crippen LogP contribution >= 0.6 is 0 Å². The lowest BCUT2D eigenvalue weighted by Gasteiger charge is -2.47. The van der Waals surface area contributed by atoms with Crippen molar-refractivity contribution in [2.45, 2.75) is 65.4 Å². The van der Waals surface area contributed by atoms with Gasteiger partial charge < -0.3 is 14.5 Å². The summed E-state index contributed by atoms with van der Waals surface area (Å²) >= 11 is 0. The van der Waals surface area contributed by atoms with Crippen LogP contribution in [0.15, 0.2) is 18.3 Å². The first kappa shape index (κ1) is 23.3. The quantitative estimate of drug-likeness (QED) is 0.522. The number of hydrogen-bond donors (Lipinski definition) is 0. The summed E-state index contributed by atoms with van der Waals surface area (Å²) in [6.07, 6.45) is 7.14. The summed E-state index contributed by atoms with van der Waals surface area (Å²) in [5.41, 5.74) is 6.75. The third-order valence-electron chi connectivity index (χ3n) is 7.94. The molecule has 0 N–H and O–H groups in total. The number of aromatic nitrogens is 4. The lowest BCUT2D eigenvalue weighted by Crippen LogP contribution is -2.60. The van der Waals surface area contributed by atoms with E-state index in [9.17, 15) is 4.79 Å². The molecular weight excluding hydrogens is 452 g/mol. The van der Waals surface area contributed by atoms with Crippen molar-refractivity contribution in [1.82, 2.24) is 24.6 Å². The number of hydrogen-bond acceptors (Lipinski definition) is 6. The first-order chi connectivity index (χ1) is 17.1. The molecule has 1 amide bonds. The molecule has 2 saturated heterocycles. The van der Waals surface area contributed by atoms with E-state index in [0.29, 0.717) is 0 Å². The molecule has 1 aliphatic carbocycles. The number of amides is 1. The fourth-order valence-corrected chi connectivity index (χ4v) is 6.18. The first-order valence-corrected chi connectivity index (χ1v) is 13.2. The average molecular weight is 489 g/mol. The number of ether oxygens (including phenoxy) is 1. The maximum Gasteiger partial charge on any atom is 0.410 e. The van der Waals surface area contributed by atoms with Gasteiger partial charge in [-0.2, -0.15) is 5.10 Å². The maximum absolute atomic E-state index is 12.5. The summed E-state index contributed by atoms with van der Waals surface area (Å²) in [5.74, 6) is 0.830. The molecule has 0 saturated carbocycles. The maximum atomic E-state index is 12.5. The number of rotatable bonds is 2. The minimum absolute atomic E-state index is 0.105. The Hall–Kier alpha value is -3.16. The van der Waals surface area contributed by atoms with Gasteiger partial charge in [-0.15, -0.1) is 0 Å². The molecule has 1 spiro atoms. The van der Waals surface area contributed by atoms with E-state index >= 15 is 0 Å². The van der Waals surface area contributed by atoms with Gasteiger partial charge in [0.05, 0.1) is 17.4 Å². The first-order valence-electron chi connectivity index (χ1n) is 13.2. The lowest BCUT2D eigenvalue weighted by atomic mass is 9.79. The number of nitrogens with zero attached hydrogens (tertiary/aromatic N) is 6. The van der Waals surface area contributed by atoms with E-state index in [-0.39, 0.29) is 11.5 Å². The number of likely N-dealkylation sites (tertiary alicyclic amines) is 1. The zero-order valence-electron chi connectivity index (χ0n) is 22.1. The van der Waals surface area contributed by atoms with E-state index in [4.69, 9.17) is 14.7 Å². The molecule has 3 aromatic rings. The molecule has 8 nitrogen and oxygen atoms in total.